The van der Waals surface area contributed by atoms with Crippen LogP contribution in [0.4, 0.5) is 0 Å². The van der Waals surface area contributed by atoms with Gasteiger partial charge in [-0.15, -0.1) is 0 Å². The molecule has 0 amide bonds. The standard InChI is InChI=1S/C30H24Si.2ClH.Zr/c1-2-31-30-25(19-24-16-14-22-8-4-6-10-27(22)29(24)30)12-11-20-17-23-15-13-21-7-3-5-9-26(21)28(23)18-20;;;/h3-10,13-18,31H,2,11-12H2,1H3;2*1H;/q;;;+2/p-2. The predicted molar refractivity (Wildman–Crippen MR) is 137 cm³/mol. The van der Waals surface area contributed by atoms with Crippen molar-refractivity contribution in [1.82, 2.24) is 0 Å². The summed E-state index contributed by atoms with van der Waals surface area (Å²) >= 11 is -0.826. The second-order valence-corrected chi connectivity index (χ2v) is 14.3. The molecule has 0 aromatic heterocycles. The maximum atomic E-state index is 2.58. The third-order valence-electron chi connectivity index (χ3n) is 7.47. The summed E-state index contributed by atoms with van der Waals surface area (Å²) < 4.78 is 2.53. The van der Waals surface area contributed by atoms with E-state index in [0.717, 1.165) is 0 Å². The molecule has 1 atom stereocenters. The maximum absolute atomic E-state index is 2.58. The minimum Gasteiger partial charge on any atom is -1.00 e. The van der Waals surface area contributed by atoms with Crippen LogP contribution in [0.5, 0.6) is 0 Å². The Morgan fingerprint density at radius 2 is 1.53 bits per heavy atom. The van der Waals surface area contributed by atoms with Crippen molar-refractivity contribution in [1.29, 1.82) is 0 Å². The van der Waals surface area contributed by atoms with Crippen molar-refractivity contribution in [2.24, 2.45) is 0 Å². The molecule has 1 heterocycles. The van der Waals surface area contributed by atoms with Gasteiger partial charge in [0.25, 0.3) is 0 Å². The second kappa shape index (κ2) is 9.47. The van der Waals surface area contributed by atoms with Gasteiger partial charge in [0.2, 0.25) is 0 Å². The van der Waals surface area contributed by atoms with Crippen molar-refractivity contribution in [2.75, 3.05) is 0 Å². The monoisotopic (exact) mass is 572 g/mol. The number of fused-ring (bicyclic) bond motifs is 9. The fourth-order valence-electron chi connectivity index (χ4n) is 6.07. The minimum absolute atomic E-state index is 0. The van der Waals surface area contributed by atoms with Crippen LogP contribution < -0.4 is 24.8 Å². The first-order chi connectivity index (χ1) is 15.8. The summed E-state index contributed by atoms with van der Waals surface area (Å²) in [6.07, 6.45) is 5.07. The number of allylic oxidation sites excluding steroid dienone is 2. The van der Waals surface area contributed by atoms with E-state index in [4.69, 9.17) is 0 Å². The number of benzene rings is 4. The van der Waals surface area contributed by atoms with E-state index in [1.54, 1.807) is 33.0 Å². The van der Waals surface area contributed by atoms with Gasteiger partial charge in [-0.05, 0) is 0 Å². The Hall–Kier alpha value is -1.57. The minimum atomic E-state index is -0.826. The van der Waals surface area contributed by atoms with E-state index in [-0.39, 0.29) is 24.8 Å². The summed E-state index contributed by atoms with van der Waals surface area (Å²) in [6.45, 7) is 2.38. The summed E-state index contributed by atoms with van der Waals surface area (Å²) in [5.41, 5.74) is 9.88. The molecule has 4 heteroatoms. The van der Waals surface area contributed by atoms with Crippen molar-refractivity contribution in [3.63, 3.8) is 0 Å². The molecule has 0 saturated heterocycles. The Morgan fingerprint density at radius 1 is 0.824 bits per heavy atom. The van der Waals surface area contributed by atoms with Crippen LogP contribution in [0, 0.1) is 0 Å². The van der Waals surface area contributed by atoms with Gasteiger partial charge in [0.15, 0.2) is 0 Å². The Labute approximate surface area is 227 Å². The maximum Gasteiger partial charge on any atom is -1.00 e. The molecule has 7 rings (SSSR count). The summed E-state index contributed by atoms with van der Waals surface area (Å²) in [4.78, 5) is 0. The normalized spacial score (nSPS) is 18.6. The first-order valence-electron chi connectivity index (χ1n) is 11.8. The van der Waals surface area contributed by atoms with Gasteiger partial charge in [0, 0.05) is 0 Å². The van der Waals surface area contributed by atoms with Crippen molar-refractivity contribution in [2.45, 2.75) is 29.4 Å². The van der Waals surface area contributed by atoms with Gasteiger partial charge in [-0.1, -0.05) is 0 Å². The Balaban J connectivity index is 0.00000120. The molecule has 0 bridgehead atoms. The third kappa shape index (κ3) is 3.53. The molecule has 0 N–H and O–H groups in total. The second-order valence-electron chi connectivity index (χ2n) is 9.18. The van der Waals surface area contributed by atoms with E-state index in [1.165, 1.54) is 46.0 Å². The number of hydrogen-bond acceptors (Lipinski definition) is 0. The van der Waals surface area contributed by atoms with Crippen LogP contribution in [0.2, 0.25) is 6.04 Å². The molecule has 1 aliphatic heterocycles. The molecule has 0 radical (unpaired) electrons. The molecule has 3 aliphatic rings. The van der Waals surface area contributed by atoms with E-state index in [0.29, 0.717) is 12.8 Å². The molecule has 1 unspecified atom stereocenters. The zero-order valence-corrected chi connectivity index (χ0v) is 24.2. The zero-order chi connectivity index (χ0) is 21.2. The fourth-order valence-corrected chi connectivity index (χ4v) is 12.6. The molecular formula is C30H24Cl2SiZr. The van der Waals surface area contributed by atoms with Crippen LogP contribution in [-0.4, -0.2) is 14.3 Å². The Kier molecular flexibility index (Phi) is 6.73. The number of halogens is 2. The van der Waals surface area contributed by atoms with E-state index in [2.05, 4.69) is 85.8 Å². The van der Waals surface area contributed by atoms with Gasteiger partial charge in [0.1, 0.15) is 0 Å². The Bertz CT molecular complexity index is 1550. The SMILES string of the molecule is CC[SiH]=C1C2=[C]([Zr+2][CH]3C(=Cc4c3ccc3ccccc43)CC2)c2ccc3ccccc3c21.[Cl-].[Cl-]. The van der Waals surface area contributed by atoms with E-state index < -0.39 is 23.2 Å². The topological polar surface area (TPSA) is 0 Å². The summed E-state index contributed by atoms with van der Waals surface area (Å²) in [6, 6.07) is 29.0. The molecular weight excluding hydrogens is 551 g/mol. The van der Waals surface area contributed by atoms with Crippen LogP contribution in [0.3, 0.4) is 0 Å². The summed E-state index contributed by atoms with van der Waals surface area (Å²) in [7, 11) is 0.352. The van der Waals surface area contributed by atoms with Crippen LogP contribution in [0.25, 0.3) is 30.9 Å². The predicted octanol–water partition coefficient (Wildman–Crippen LogP) is 1.14. The number of hydrogen-bond donors (Lipinski definition) is 0. The van der Waals surface area contributed by atoms with Crippen LogP contribution in [0.15, 0.2) is 83.9 Å². The van der Waals surface area contributed by atoms with Crippen molar-refractivity contribution >= 4 is 45.2 Å². The van der Waals surface area contributed by atoms with E-state index in [1.807, 2.05) is 3.28 Å². The largest absolute Gasteiger partial charge is 1.00 e. The zero-order valence-electron chi connectivity index (χ0n) is 19.0. The van der Waals surface area contributed by atoms with Gasteiger partial charge < -0.3 is 24.8 Å². The fraction of sp³-hybridized carbons (Fsp3) is 0.167. The Morgan fingerprint density at radius 3 is 2.32 bits per heavy atom. The van der Waals surface area contributed by atoms with Crippen molar-refractivity contribution in [3.8, 4) is 0 Å². The molecule has 166 valence electrons. The van der Waals surface area contributed by atoms with Crippen molar-refractivity contribution in [3.05, 3.63) is 106 Å². The summed E-state index contributed by atoms with van der Waals surface area (Å²) in [5.74, 6) is 0. The molecule has 2 aliphatic carbocycles. The van der Waals surface area contributed by atoms with Crippen LogP contribution in [0.1, 0.15) is 45.6 Å². The molecule has 0 nitrogen and oxygen atoms in total. The van der Waals surface area contributed by atoms with Crippen molar-refractivity contribution < 1.29 is 48.0 Å². The molecule has 0 spiro atoms. The van der Waals surface area contributed by atoms with Gasteiger partial charge in [-0.25, -0.2) is 0 Å². The van der Waals surface area contributed by atoms with Gasteiger partial charge in [-0.3, -0.25) is 0 Å². The smallest absolute Gasteiger partial charge is 1.00 e. The van der Waals surface area contributed by atoms with Crippen LogP contribution in [-0.2, 0) is 23.2 Å². The van der Waals surface area contributed by atoms with Gasteiger partial charge in [0.05, 0.1) is 0 Å². The molecule has 34 heavy (non-hydrogen) atoms. The molecule has 0 saturated carbocycles. The molecule has 4 aromatic carbocycles. The average Bonchev–Trinajstić information content (AvgIpc) is 3.27. The van der Waals surface area contributed by atoms with Crippen LogP contribution >= 0.6 is 0 Å². The number of rotatable bonds is 1. The average molecular weight is 575 g/mol. The first kappa shape index (κ1) is 24.1. The van der Waals surface area contributed by atoms with E-state index >= 15 is 0 Å². The molecule has 0 fully saturated rings. The third-order valence-corrected chi connectivity index (χ3v) is 13.4. The van der Waals surface area contributed by atoms with E-state index in [9.17, 15) is 0 Å². The molecule has 4 aromatic rings. The first-order valence-corrected chi connectivity index (χ1v) is 15.8. The van der Waals surface area contributed by atoms with Gasteiger partial charge in [-0.2, -0.15) is 0 Å². The van der Waals surface area contributed by atoms with Gasteiger partial charge >= 0.3 is 204 Å². The quantitative estimate of drug-likeness (QED) is 0.299. The summed E-state index contributed by atoms with van der Waals surface area (Å²) in [5, 5.41) is 7.47.